The standard InChI is InChI=1S/C6H9NO6P2/c8-14(9,10)6(15(11,12)13)5-3-1-2-4-7-5/h1-4,6H,(H2,8,9,10)(H2,11,12,13)/p-4. The molecule has 1 rings (SSSR count). The van der Waals surface area contributed by atoms with Gasteiger partial charge in [-0.1, -0.05) is 21.3 Å². The Morgan fingerprint density at radius 3 is 1.93 bits per heavy atom. The van der Waals surface area contributed by atoms with Gasteiger partial charge in [0, 0.05) is 6.20 Å². The van der Waals surface area contributed by atoms with Gasteiger partial charge < -0.3 is 28.7 Å². The molecule has 0 unspecified atom stereocenters. The smallest absolute Gasteiger partial charge is 0.0566 e. The van der Waals surface area contributed by atoms with Crippen molar-refractivity contribution >= 4 is 15.2 Å². The molecule has 0 saturated heterocycles. The summed E-state index contributed by atoms with van der Waals surface area (Å²) in [4.78, 5) is 45.9. The molecule has 0 bridgehead atoms. The molecule has 0 spiro atoms. The van der Waals surface area contributed by atoms with Gasteiger partial charge in [-0.05, 0) is 12.1 Å². The van der Waals surface area contributed by atoms with E-state index in [0.29, 0.717) is 0 Å². The first-order valence-electron chi connectivity index (χ1n) is 3.67. The van der Waals surface area contributed by atoms with Crippen molar-refractivity contribution in [2.24, 2.45) is 0 Å². The number of aromatic nitrogens is 1. The van der Waals surface area contributed by atoms with Crippen molar-refractivity contribution in [3.8, 4) is 0 Å². The molecule has 1 aromatic rings. The molecule has 0 fully saturated rings. The minimum Gasteiger partial charge on any atom is -0.810 e. The van der Waals surface area contributed by atoms with Crippen LogP contribution in [0.1, 0.15) is 11.1 Å². The van der Waals surface area contributed by atoms with Gasteiger partial charge in [0.1, 0.15) is 0 Å². The molecule has 1 aromatic heterocycles. The van der Waals surface area contributed by atoms with Crippen LogP contribution in [0.3, 0.4) is 0 Å². The van der Waals surface area contributed by atoms with Gasteiger partial charge in [-0.15, -0.1) is 0 Å². The number of hydrogen-bond acceptors (Lipinski definition) is 7. The monoisotopic (exact) mass is 249 g/mol. The summed E-state index contributed by atoms with van der Waals surface area (Å²) in [7, 11) is -11.1. The molecule has 15 heavy (non-hydrogen) atoms. The van der Waals surface area contributed by atoms with Crippen LogP contribution in [0.5, 0.6) is 0 Å². The number of nitrogens with zero attached hydrogens (tertiary/aromatic N) is 1. The summed E-state index contributed by atoms with van der Waals surface area (Å²) < 4.78 is 21.3. The van der Waals surface area contributed by atoms with E-state index in [2.05, 4.69) is 4.98 Å². The molecule has 0 aliphatic carbocycles. The zero-order valence-electron chi connectivity index (χ0n) is 7.18. The van der Waals surface area contributed by atoms with Crippen LogP contribution >= 0.6 is 15.2 Å². The quantitative estimate of drug-likeness (QED) is 0.559. The van der Waals surface area contributed by atoms with E-state index in [1.54, 1.807) is 0 Å². The second-order valence-corrected chi connectivity index (χ2v) is 6.31. The maximum absolute atomic E-state index is 10.6. The highest BCUT2D eigenvalue weighted by Crippen LogP contribution is 2.60. The van der Waals surface area contributed by atoms with Gasteiger partial charge in [0.15, 0.2) is 0 Å². The lowest BCUT2D eigenvalue weighted by molar-refractivity contribution is -0.330. The molecular formula is C6H5NO6P2-4. The summed E-state index contributed by atoms with van der Waals surface area (Å²) in [6.45, 7) is 0. The largest absolute Gasteiger partial charge is 0.810 e. The third kappa shape index (κ3) is 3.21. The normalized spacial score (nSPS) is 13.1. The zero-order valence-corrected chi connectivity index (χ0v) is 8.97. The maximum Gasteiger partial charge on any atom is 0.0566 e. The molecule has 1 heterocycles. The van der Waals surface area contributed by atoms with E-state index in [0.717, 1.165) is 12.3 Å². The van der Waals surface area contributed by atoms with Gasteiger partial charge in [0.05, 0.1) is 11.1 Å². The Morgan fingerprint density at radius 2 is 1.60 bits per heavy atom. The molecule has 0 N–H and O–H groups in total. The maximum atomic E-state index is 10.6. The van der Waals surface area contributed by atoms with Crippen LogP contribution in [0.2, 0.25) is 0 Å². The molecule has 7 nitrogen and oxygen atoms in total. The third-order valence-corrected chi connectivity index (χ3v) is 4.98. The lowest BCUT2D eigenvalue weighted by atomic mass is 10.4. The first-order chi connectivity index (χ1) is 6.73. The van der Waals surface area contributed by atoms with Crippen LogP contribution in [0.25, 0.3) is 0 Å². The Labute approximate surface area is 85.1 Å². The van der Waals surface area contributed by atoms with E-state index in [9.17, 15) is 28.7 Å². The molecule has 0 saturated carbocycles. The molecule has 0 amide bonds. The van der Waals surface area contributed by atoms with Gasteiger partial charge in [0.25, 0.3) is 0 Å². The van der Waals surface area contributed by atoms with E-state index in [4.69, 9.17) is 0 Å². The number of pyridine rings is 1. The minimum atomic E-state index is -5.57. The predicted octanol–water partition coefficient (Wildman–Crippen LogP) is -2.09. The van der Waals surface area contributed by atoms with Gasteiger partial charge >= 0.3 is 0 Å². The summed E-state index contributed by atoms with van der Waals surface area (Å²) >= 11 is 0. The highest BCUT2D eigenvalue weighted by atomic mass is 31.2. The average Bonchev–Trinajstić information content (AvgIpc) is 2.00. The summed E-state index contributed by atoms with van der Waals surface area (Å²) in [6.07, 6.45) is 1.09. The van der Waals surface area contributed by atoms with Crippen LogP contribution in [0.15, 0.2) is 24.4 Å². The van der Waals surface area contributed by atoms with Crippen molar-refractivity contribution in [1.82, 2.24) is 4.98 Å². The zero-order chi connectivity index (χ0) is 11.7. The van der Waals surface area contributed by atoms with E-state index >= 15 is 0 Å². The van der Waals surface area contributed by atoms with Crippen molar-refractivity contribution in [2.75, 3.05) is 0 Å². The second kappa shape index (κ2) is 4.14. The predicted molar refractivity (Wildman–Crippen MR) is 42.2 cm³/mol. The third-order valence-electron chi connectivity index (χ3n) is 1.55. The fourth-order valence-electron chi connectivity index (χ4n) is 1.03. The molecule has 84 valence electrons. The van der Waals surface area contributed by atoms with Crippen LogP contribution < -0.4 is 19.6 Å². The lowest BCUT2D eigenvalue weighted by Gasteiger charge is -2.48. The Kier molecular flexibility index (Phi) is 3.45. The van der Waals surface area contributed by atoms with Crippen LogP contribution in [-0.4, -0.2) is 4.98 Å². The number of rotatable bonds is 3. The van der Waals surface area contributed by atoms with Crippen LogP contribution in [-0.2, 0) is 9.13 Å². The topological polar surface area (TPSA) is 139 Å². The lowest BCUT2D eigenvalue weighted by Crippen LogP contribution is -2.29. The van der Waals surface area contributed by atoms with Gasteiger partial charge in [0.2, 0.25) is 0 Å². The Morgan fingerprint density at radius 1 is 1.07 bits per heavy atom. The van der Waals surface area contributed by atoms with Crippen molar-refractivity contribution in [3.63, 3.8) is 0 Å². The van der Waals surface area contributed by atoms with E-state index in [1.165, 1.54) is 12.1 Å². The molecule has 9 heteroatoms. The highest BCUT2D eigenvalue weighted by Gasteiger charge is 2.20. The summed E-state index contributed by atoms with van der Waals surface area (Å²) in [5, 5.41) is -2.63. The second-order valence-electron chi connectivity index (χ2n) is 2.71. The molecular weight excluding hydrogens is 244 g/mol. The van der Waals surface area contributed by atoms with E-state index in [-0.39, 0.29) is 0 Å². The van der Waals surface area contributed by atoms with Gasteiger partial charge in [-0.25, -0.2) is 0 Å². The Hall–Kier alpha value is -0.550. The van der Waals surface area contributed by atoms with Crippen LogP contribution in [0.4, 0.5) is 0 Å². The van der Waals surface area contributed by atoms with Gasteiger partial charge in [-0.3, -0.25) is 4.98 Å². The fraction of sp³-hybridized carbons (Fsp3) is 0.167. The molecule has 0 atom stereocenters. The first-order valence-corrected chi connectivity index (χ1v) is 6.89. The molecule has 0 radical (unpaired) electrons. The Bertz CT molecular complexity index is 401. The van der Waals surface area contributed by atoms with Crippen molar-refractivity contribution in [1.29, 1.82) is 0 Å². The van der Waals surface area contributed by atoms with Gasteiger partial charge in [-0.2, -0.15) is 0 Å². The fourth-order valence-corrected chi connectivity index (χ4v) is 3.36. The SMILES string of the molecule is O=P([O-])([O-])C(c1ccccn1)P(=O)([O-])[O-]. The first kappa shape index (κ1) is 12.5. The highest BCUT2D eigenvalue weighted by molar-refractivity contribution is 7.67. The summed E-state index contributed by atoms with van der Waals surface area (Å²) in [5.74, 6) is 0. The summed E-state index contributed by atoms with van der Waals surface area (Å²) in [6, 6.07) is 3.66. The van der Waals surface area contributed by atoms with Crippen molar-refractivity contribution < 1.29 is 28.7 Å². The van der Waals surface area contributed by atoms with E-state index < -0.39 is 26.3 Å². The molecule has 0 aliphatic rings. The van der Waals surface area contributed by atoms with Crippen molar-refractivity contribution in [3.05, 3.63) is 30.1 Å². The van der Waals surface area contributed by atoms with Crippen molar-refractivity contribution in [2.45, 2.75) is 5.40 Å². The molecule has 0 aromatic carbocycles. The number of hydrogen-bond donors (Lipinski definition) is 0. The minimum absolute atomic E-state index is 0.570. The molecule has 0 aliphatic heterocycles. The average molecular weight is 249 g/mol. The summed E-state index contributed by atoms with van der Waals surface area (Å²) in [5.41, 5.74) is -0.570. The Balaban J connectivity index is 3.27. The van der Waals surface area contributed by atoms with Crippen LogP contribution in [0, 0.1) is 0 Å². The van der Waals surface area contributed by atoms with E-state index in [1.807, 2.05) is 0 Å².